The molecular weight excluding hydrogens is 611 g/mol. The van der Waals surface area contributed by atoms with Gasteiger partial charge >= 0.3 is 0 Å². The van der Waals surface area contributed by atoms with Crippen molar-refractivity contribution in [2.75, 3.05) is 25.6 Å². The van der Waals surface area contributed by atoms with Crippen molar-refractivity contribution in [2.45, 2.75) is 39.6 Å². The molecule has 9 nitrogen and oxygen atoms in total. The third-order valence-electron chi connectivity index (χ3n) is 7.17. The maximum atomic E-state index is 13.8. The minimum Gasteiger partial charge on any atom is -0.494 e. The van der Waals surface area contributed by atoms with E-state index in [1.54, 1.807) is 66.4 Å². The number of hydrazine groups is 1. The van der Waals surface area contributed by atoms with Crippen molar-refractivity contribution in [1.82, 2.24) is 10.9 Å². The molecule has 11 heteroatoms. The van der Waals surface area contributed by atoms with Crippen LogP contribution in [-0.2, 0) is 25.9 Å². The molecule has 0 unspecified atom stereocenters. The molecule has 0 saturated carbocycles. The van der Waals surface area contributed by atoms with Gasteiger partial charge in [0.2, 0.25) is 5.90 Å². The van der Waals surface area contributed by atoms with Crippen molar-refractivity contribution in [3.63, 3.8) is 0 Å². The molecule has 1 aliphatic heterocycles. The Labute approximate surface area is 267 Å². The third kappa shape index (κ3) is 8.52. The van der Waals surface area contributed by atoms with Crippen LogP contribution in [0.1, 0.15) is 24.0 Å². The van der Waals surface area contributed by atoms with Gasteiger partial charge in [0, 0.05) is 34.9 Å². The smallest absolute Gasteiger partial charge is 0.265 e. The van der Waals surface area contributed by atoms with Gasteiger partial charge in [-0.3, -0.25) is 10.2 Å². The second-order valence-electron chi connectivity index (χ2n) is 10.4. The first-order valence-electron chi connectivity index (χ1n) is 14.6. The molecule has 1 amide bonds. The fourth-order valence-corrected chi connectivity index (χ4v) is 7.03. The number of amides is 1. The zero-order valence-electron chi connectivity index (χ0n) is 24.6. The molecule has 0 spiro atoms. The van der Waals surface area contributed by atoms with Crippen LogP contribution in [0.2, 0.25) is 0 Å². The lowest BCUT2D eigenvalue weighted by molar-refractivity contribution is -0.127. The Kier molecular flexibility index (Phi) is 10.9. The number of rotatable bonds is 15. The fraction of sp³-hybridized carbons (Fsp3) is 0.235. The molecule has 234 valence electrons. The fourth-order valence-electron chi connectivity index (χ4n) is 4.65. The maximum Gasteiger partial charge on any atom is 0.265 e. The van der Waals surface area contributed by atoms with Gasteiger partial charge in [0.1, 0.15) is 12.4 Å². The Bertz CT molecular complexity index is 1700. The third-order valence-corrected chi connectivity index (χ3v) is 10.0. The highest BCUT2D eigenvalue weighted by molar-refractivity contribution is 7.99. The van der Waals surface area contributed by atoms with E-state index in [0.717, 1.165) is 15.4 Å². The standard InChI is InChI=1S/C34H35N3O6S2/c38-21-9-22-42-28-18-16-26(17-19-28)32-36-34(25-43-32,20-23-45(40,41)30-13-5-2-6-14-30)33(39)37-35-24-27-10-7-8-15-31(27)44-29-11-3-1-4-12-29/h1-8,10-19,35,38H,9,20-25H2,(H,37,39)/t34-/m0/s1. The van der Waals surface area contributed by atoms with E-state index in [1.807, 2.05) is 54.6 Å². The van der Waals surface area contributed by atoms with E-state index in [2.05, 4.69) is 10.9 Å². The normalized spacial score (nSPS) is 16.1. The minimum atomic E-state index is -3.68. The van der Waals surface area contributed by atoms with Crippen molar-refractivity contribution < 1.29 is 27.8 Å². The lowest BCUT2D eigenvalue weighted by atomic mass is 9.98. The van der Waals surface area contributed by atoms with Crippen LogP contribution in [-0.4, -0.2) is 56.4 Å². The lowest BCUT2D eigenvalue weighted by Crippen LogP contribution is -2.52. The zero-order valence-corrected chi connectivity index (χ0v) is 26.2. The number of hydrogen-bond donors (Lipinski definition) is 3. The second kappa shape index (κ2) is 15.2. The van der Waals surface area contributed by atoms with Crippen LogP contribution in [0.5, 0.6) is 5.75 Å². The molecule has 1 aliphatic rings. The molecule has 45 heavy (non-hydrogen) atoms. The average molecular weight is 646 g/mol. The largest absolute Gasteiger partial charge is 0.494 e. The van der Waals surface area contributed by atoms with Gasteiger partial charge in [-0.05, 0) is 66.6 Å². The van der Waals surface area contributed by atoms with Gasteiger partial charge < -0.3 is 14.6 Å². The van der Waals surface area contributed by atoms with E-state index >= 15 is 0 Å². The molecule has 4 aromatic carbocycles. The van der Waals surface area contributed by atoms with Gasteiger partial charge in [-0.25, -0.2) is 18.8 Å². The van der Waals surface area contributed by atoms with Crippen LogP contribution in [0, 0.1) is 0 Å². The first-order chi connectivity index (χ1) is 21.9. The first-order valence-corrected chi connectivity index (χ1v) is 17.0. The van der Waals surface area contributed by atoms with Crippen LogP contribution < -0.4 is 15.6 Å². The van der Waals surface area contributed by atoms with E-state index < -0.39 is 21.3 Å². The molecule has 0 aromatic heterocycles. The summed E-state index contributed by atoms with van der Waals surface area (Å²) >= 11 is 1.63. The van der Waals surface area contributed by atoms with Gasteiger partial charge in [-0.2, -0.15) is 0 Å². The summed E-state index contributed by atoms with van der Waals surface area (Å²) in [6.45, 7) is 0.653. The summed E-state index contributed by atoms with van der Waals surface area (Å²) in [7, 11) is -3.68. The van der Waals surface area contributed by atoms with Crippen LogP contribution in [0.25, 0.3) is 0 Å². The summed E-state index contributed by atoms with van der Waals surface area (Å²) in [5.41, 5.74) is 5.94. The van der Waals surface area contributed by atoms with Crippen molar-refractivity contribution in [1.29, 1.82) is 0 Å². The Morgan fingerprint density at radius 3 is 2.36 bits per heavy atom. The molecular formula is C34H35N3O6S2. The SMILES string of the molecule is O=C(NNCc1ccccc1Sc1ccccc1)[C@]1(CCS(=O)(=O)c2ccccc2)COC(c2ccc(OCCCO)cc2)=N1. The number of aliphatic hydroxyl groups excluding tert-OH is 1. The van der Waals surface area contributed by atoms with E-state index in [0.29, 0.717) is 30.9 Å². The zero-order chi connectivity index (χ0) is 31.5. The number of hydrogen-bond acceptors (Lipinski definition) is 9. The van der Waals surface area contributed by atoms with Crippen LogP contribution in [0.3, 0.4) is 0 Å². The number of carbonyl (C=O) groups excluding carboxylic acids is 1. The number of nitrogens with one attached hydrogen (secondary N) is 2. The van der Waals surface area contributed by atoms with Crippen molar-refractivity contribution >= 4 is 33.4 Å². The second-order valence-corrected chi connectivity index (χ2v) is 13.6. The van der Waals surface area contributed by atoms with E-state index in [9.17, 15) is 13.2 Å². The summed E-state index contributed by atoms with van der Waals surface area (Å²) in [4.78, 5) is 20.8. The van der Waals surface area contributed by atoms with Crippen molar-refractivity contribution in [3.05, 3.63) is 120 Å². The summed E-state index contributed by atoms with van der Waals surface area (Å²) in [5, 5.41) is 8.98. The highest BCUT2D eigenvalue weighted by atomic mass is 32.2. The number of aliphatic hydroxyl groups is 1. The predicted octanol–water partition coefficient (Wildman–Crippen LogP) is 4.80. The molecule has 5 rings (SSSR count). The van der Waals surface area contributed by atoms with Gasteiger partial charge in [0.15, 0.2) is 15.4 Å². The molecule has 4 aromatic rings. The molecule has 0 radical (unpaired) electrons. The van der Waals surface area contributed by atoms with E-state index in [1.165, 1.54) is 0 Å². The molecule has 0 aliphatic carbocycles. The lowest BCUT2D eigenvalue weighted by Gasteiger charge is -2.23. The van der Waals surface area contributed by atoms with Gasteiger partial charge in [-0.15, -0.1) is 0 Å². The van der Waals surface area contributed by atoms with E-state index in [4.69, 9.17) is 19.6 Å². The average Bonchev–Trinajstić information content (AvgIpc) is 3.52. The maximum absolute atomic E-state index is 13.8. The number of nitrogens with zero attached hydrogens (tertiary/aromatic N) is 1. The van der Waals surface area contributed by atoms with Crippen LogP contribution in [0.15, 0.2) is 129 Å². The molecule has 3 N–H and O–H groups in total. The number of ether oxygens (including phenoxy) is 2. The van der Waals surface area contributed by atoms with E-state index in [-0.39, 0.29) is 36.2 Å². The monoisotopic (exact) mass is 645 g/mol. The summed E-state index contributed by atoms with van der Waals surface area (Å²) in [5.74, 6) is 0.0871. The minimum absolute atomic E-state index is 0.0425. The molecule has 1 atom stereocenters. The molecule has 0 saturated heterocycles. The summed E-state index contributed by atoms with van der Waals surface area (Å²) in [6.07, 6.45) is 0.441. The molecule has 0 bridgehead atoms. The predicted molar refractivity (Wildman–Crippen MR) is 174 cm³/mol. The summed E-state index contributed by atoms with van der Waals surface area (Å²) in [6, 6.07) is 33.1. The highest BCUT2D eigenvalue weighted by Crippen LogP contribution is 2.31. The highest BCUT2D eigenvalue weighted by Gasteiger charge is 2.45. The molecule has 1 heterocycles. The Balaban J connectivity index is 1.32. The topological polar surface area (TPSA) is 126 Å². The number of carbonyl (C=O) groups is 1. The van der Waals surface area contributed by atoms with Crippen LogP contribution >= 0.6 is 11.8 Å². The number of benzene rings is 4. The van der Waals surface area contributed by atoms with Gasteiger partial charge in [0.25, 0.3) is 5.91 Å². The molecule has 0 fully saturated rings. The van der Waals surface area contributed by atoms with Gasteiger partial charge in [-0.1, -0.05) is 66.4 Å². The number of sulfone groups is 1. The van der Waals surface area contributed by atoms with Gasteiger partial charge in [0.05, 0.1) is 17.3 Å². The first kappa shape index (κ1) is 32.2. The van der Waals surface area contributed by atoms with Crippen LogP contribution in [0.4, 0.5) is 0 Å². The summed E-state index contributed by atoms with van der Waals surface area (Å²) < 4.78 is 37.9. The Hall–Kier alpha value is -4.16. The Morgan fingerprint density at radius 1 is 0.933 bits per heavy atom. The quantitative estimate of drug-likeness (QED) is 0.124. The Morgan fingerprint density at radius 2 is 1.62 bits per heavy atom. The van der Waals surface area contributed by atoms with Crippen molar-refractivity contribution in [3.8, 4) is 5.75 Å². The van der Waals surface area contributed by atoms with Crippen molar-refractivity contribution in [2.24, 2.45) is 4.99 Å². The number of aliphatic imine (C=N–C) groups is 1.